The maximum Gasteiger partial charge on any atom is 0.164 e. The number of carbonyl (C=O) groups is 1. The molecule has 1 fully saturated rings. The first-order valence-electron chi connectivity index (χ1n) is 3.70. The molecule has 0 aromatic rings. The van der Waals surface area contributed by atoms with Crippen LogP contribution in [0.3, 0.4) is 0 Å². The Hall–Kier alpha value is -0.410. The van der Waals surface area contributed by atoms with Crippen LogP contribution < -0.4 is 5.32 Å². The van der Waals surface area contributed by atoms with Gasteiger partial charge in [-0.05, 0) is 13.6 Å². The first kappa shape index (κ1) is 7.69. The summed E-state index contributed by atoms with van der Waals surface area (Å²) in [5, 5.41) is 2.99. The summed E-state index contributed by atoms with van der Waals surface area (Å²) < 4.78 is 0. The maximum absolute atomic E-state index is 11.1. The number of likely N-dealkylation sites (tertiary alicyclic amines) is 1. The van der Waals surface area contributed by atoms with Crippen LogP contribution in [-0.4, -0.2) is 43.4 Å². The van der Waals surface area contributed by atoms with Gasteiger partial charge in [-0.2, -0.15) is 0 Å². The van der Waals surface area contributed by atoms with Crippen LogP contribution in [0.4, 0.5) is 0 Å². The highest BCUT2D eigenvalue weighted by Crippen LogP contribution is 2.03. The number of Topliss-reactive ketones (excluding diaryl/α,β-unsaturated/α-hetero) is 1. The fourth-order valence-corrected chi connectivity index (χ4v) is 1.25. The van der Waals surface area contributed by atoms with Gasteiger partial charge in [0, 0.05) is 6.54 Å². The minimum Gasteiger partial charge on any atom is -0.309 e. The monoisotopic (exact) mass is 142 g/mol. The Labute approximate surface area is 61.4 Å². The zero-order chi connectivity index (χ0) is 7.56. The largest absolute Gasteiger partial charge is 0.309 e. The second kappa shape index (κ2) is 3.12. The molecule has 1 saturated heterocycles. The van der Waals surface area contributed by atoms with E-state index in [4.69, 9.17) is 0 Å². The highest BCUT2D eigenvalue weighted by Gasteiger charge is 2.27. The first-order valence-corrected chi connectivity index (χ1v) is 3.70. The van der Waals surface area contributed by atoms with Crippen molar-refractivity contribution >= 4 is 5.78 Å². The van der Waals surface area contributed by atoms with Crippen LogP contribution in [0.5, 0.6) is 0 Å². The van der Waals surface area contributed by atoms with Crippen LogP contribution in [0.1, 0.15) is 6.92 Å². The van der Waals surface area contributed by atoms with Crippen LogP contribution in [0.2, 0.25) is 0 Å². The van der Waals surface area contributed by atoms with Crippen molar-refractivity contribution in [1.29, 1.82) is 0 Å². The fourth-order valence-electron chi connectivity index (χ4n) is 1.25. The molecule has 1 N–H and O–H groups in total. The Morgan fingerprint density at radius 2 is 2.50 bits per heavy atom. The molecule has 0 aromatic carbocycles. The molecule has 0 spiro atoms. The standard InChI is InChI=1S/C7H14N2O/c1-3-9-4-6(8-2)7(10)5-9/h6,8H,3-5H2,1-2H3. The number of carbonyl (C=O) groups excluding carboxylic acids is 1. The number of hydrogen-bond donors (Lipinski definition) is 1. The van der Waals surface area contributed by atoms with Gasteiger partial charge < -0.3 is 5.32 Å². The van der Waals surface area contributed by atoms with E-state index in [2.05, 4.69) is 17.1 Å². The molecular weight excluding hydrogens is 128 g/mol. The number of hydrogen-bond acceptors (Lipinski definition) is 3. The van der Waals surface area contributed by atoms with E-state index in [9.17, 15) is 4.79 Å². The van der Waals surface area contributed by atoms with Crippen LogP contribution >= 0.6 is 0 Å². The second-order valence-electron chi connectivity index (χ2n) is 2.64. The van der Waals surface area contributed by atoms with Crippen molar-refractivity contribution in [2.45, 2.75) is 13.0 Å². The van der Waals surface area contributed by atoms with E-state index in [1.54, 1.807) is 0 Å². The van der Waals surface area contributed by atoms with Gasteiger partial charge in [-0.3, -0.25) is 9.69 Å². The molecule has 0 bridgehead atoms. The SMILES string of the molecule is CCN1CC(=O)C(NC)C1. The predicted molar refractivity (Wildman–Crippen MR) is 40.0 cm³/mol. The molecule has 1 aliphatic rings. The van der Waals surface area contributed by atoms with Gasteiger partial charge in [-0.15, -0.1) is 0 Å². The number of rotatable bonds is 2. The van der Waals surface area contributed by atoms with E-state index < -0.39 is 0 Å². The minimum absolute atomic E-state index is 0.0833. The van der Waals surface area contributed by atoms with Gasteiger partial charge in [0.2, 0.25) is 0 Å². The lowest BCUT2D eigenvalue weighted by Gasteiger charge is -2.10. The van der Waals surface area contributed by atoms with Gasteiger partial charge in [-0.1, -0.05) is 6.92 Å². The molecule has 1 unspecified atom stereocenters. The average Bonchev–Trinajstić information content (AvgIpc) is 2.30. The van der Waals surface area contributed by atoms with Crippen LogP contribution in [0.25, 0.3) is 0 Å². The first-order chi connectivity index (χ1) is 4.77. The van der Waals surface area contributed by atoms with Crippen molar-refractivity contribution < 1.29 is 4.79 Å². The summed E-state index contributed by atoms with van der Waals surface area (Å²) in [6.45, 7) is 4.56. The van der Waals surface area contributed by atoms with Gasteiger partial charge in [0.15, 0.2) is 5.78 Å². The quantitative estimate of drug-likeness (QED) is 0.563. The number of nitrogens with one attached hydrogen (secondary N) is 1. The smallest absolute Gasteiger partial charge is 0.164 e. The van der Waals surface area contributed by atoms with Gasteiger partial charge in [0.05, 0.1) is 12.6 Å². The average molecular weight is 142 g/mol. The molecule has 0 aromatic heterocycles. The number of nitrogens with zero attached hydrogens (tertiary/aromatic N) is 1. The van der Waals surface area contributed by atoms with E-state index in [1.165, 1.54) is 0 Å². The summed E-state index contributed by atoms with van der Waals surface area (Å²) in [6, 6.07) is 0.0833. The van der Waals surface area contributed by atoms with Crippen molar-refractivity contribution in [1.82, 2.24) is 10.2 Å². The van der Waals surface area contributed by atoms with E-state index >= 15 is 0 Å². The van der Waals surface area contributed by atoms with Crippen LogP contribution in [-0.2, 0) is 4.79 Å². The van der Waals surface area contributed by atoms with Crippen molar-refractivity contribution in [3.8, 4) is 0 Å². The number of ketones is 1. The van der Waals surface area contributed by atoms with E-state index in [1.807, 2.05) is 7.05 Å². The molecule has 0 amide bonds. The molecule has 0 aliphatic carbocycles. The summed E-state index contributed by atoms with van der Waals surface area (Å²) in [5.41, 5.74) is 0. The zero-order valence-corrected chi connectivity index (χ0v) is 6.55. The summed E-state index contributed by atoms with van der Waals surface area (Å²) in [7, 11) is 1.84. The molecule has 1 atom stereocenters. The lowest BCUT2D eigenvalue weighted by Crippen LogP contribution is -2.33. The van der Waals surface area contributed by atoms with Crippen molar-refractivity contribution in [2.75, 3.05) is 26.7 Å². The van der Waals surface area contributed by atoms with Gasteiger partial charge >= 0.3 is 0 Å². The highest BCUT2D eigenvalue weighted by atomic mass is 16.1. The second-order valence-corrected chi connectivity index (χ2v) is 2.64. The maximum atomic E-state index is 11.1. The molecule has 10 heavy (non-hydrogen) atoms. The van der Waals surface area contributed by atoms with Crippen molar-refractivity contribution in [2.24, 2.45) is 0 Å². The molecular formula is C7H14N2O. The summed E-state index contributed by atoms with van der Waals surface area (Å²) in [6.07, 6.45) is 0. The topological polar surface area (TPSA) is 32.3 Å². The summed E-state index contributed by atoms with van der Waals surface area (Å²) in [5.74, 6) is 0.323. The van der Waals surface area contributed by atoms with Crippen molar-refractivity contribution in [3.63, 3.8) is 0 Å². The Balaban J connectivity index is 2.44. The third-order valence-electron chi connectivity index (χ3n) is 2.00. The zero-order valence-electron chi connectivity index (χ0n) is 6.55. The molecule has 3 heteroatoms. The van der Waals surface area contributed by atoms with Gasteiger partial charge in [0.25, 0.3) is 0 Å². The van der Waals surface area contributed by atoms with E-state index in [0.29, 0.717) is 12.3 Å². The van der Waals surface area contributed by atoms with Crippen LogP contribution in [0, 0.1) is 0 Å². The molecule has 58 valence electrons. The predicted octanol–water partition coefficient (Wildman–Crippen LogP) is -0.521. The molecule has 1 heterocycles. The van der Waals surface area contributed by atoms with E-state index in [0.717, 1.165) is 13.1 Å². The molecule has 0 saturated carbocycles. The highest BCUT2D eigenvalue weighted by molar-refractivity contribution is 5.88. The third-order valence-corrected chi connectivity index (χ3v) is 2.00. The lowest BCUT2D eigenvalue weighted by atomic mass is 10.2. The molecule has 1 aliphatic heterocycles. The molecule has 1 rings (SSSR count). The Bertz CT molecular complexity index is 136. The normalized spacial score (nSPS) is 27.8. The number of likely N-dealkylation sites (N-methyl/N-ethyl adjacent to an activating group) is 2. The van der Waals surface area contributed by atoms with E-state index in [-0.39, 0.29) is 6.04 Å². The fraction of sp³-hybridized carbons (Fsp3) is 0.857. The Morgan fingerprint density at radius 3 is 2.80 bits per heavy atom. The summed E-state index contributed by atoms with van der Waals surface area (Å²) in [4.78, 5) is 13.2. The Kier molecular flexibility index (Phi) is 2.40. The molecule has 0 radical (unpaired) electrons. The van der Waals surface area contributed by atoms with Gasteiger partial charge in [-0.25, -0.2) is 0 Å². The lowest BCUT2D eigenvalue weighted by molar-refractivity contribution is -0.118. The van der Waals surface area contributed by atoms with Crippen LogP contribution in [0.15, 0.2) is 0 Å². The molecule has 3 nitrogen and oxygen atoms in total. The van der Waals surface area contributed by atoms with Gasteiger partial charge in [0.1, 0.15) is 0 Å². The summed E-state index contributed by atoms with van der Waals surface area (Å²) >= 11 is 0. The minimum atomic E-state index is 0.0833. The van der Waals surface area contributed by atoms with Crippen molar-refractivity contribution in [3.05, 3.63) is 0 Å². The third kappa shape index (κ3) is 1.36. The Morgan fingerprint density at radius 1 is 1.80 bits per heavy atom.